The summed E-state index contributed by atoms with van der Waals surface area (Å²) in [6, 6.07) is 17.9. The van der Waals surface area contributed by atoms with Crippen molar-refractivity contribution in [1.29, 1.82) is 0 Å². The molecule has 21 heavy (non-hydrogen) atoms. The number of methoxy groups -OCH3 is 1. The zero-order chi connectivity index (χ0) is 14.7. The van der Waals surface area contributed by atoms with Crippen LogP contribution in [0.25, 0.3) is 11.3 Å². The molecule has 1 aromatic heterocycles. The summed E-state index contributed by atoms with van der Waals surface area (Å²) in [4.78, 5) is 4.65. The molecule has 0 atom stereocenters. The summed E-state index contributed by atoms with van der Waals surface area (Å²) in [7, 11) is 1.66. The molecule has 2 aromatic carbocycles. The smallest absolute Gasteiger partial charge is 0.188 e. The van der Waals surface area contributed by atoms with Crippen LogP contribution in [-0.4, -0.2) is 12.1 Å². The van der Waals surface area contributed by atoms with E-state index in [9.17, 15) is 0 Å². The fraction of sp³-hybridized carbons (Fsp3) is 0.0625. The number of nitrogens with one attached hydrogen (secondary N) is 1. The first-order valence-corrected chi connectivity index (χ1v) is 8.00. The van der Waals surface area contributed by atoms with Crippen molar-refractivity contribution in [1.82, 2.24) is 4.98 Å². The molecule has 0 amide bonds. The van der Waals surface area contributed by atoms with Crippen molar-refractivity contribution in [3.8, 4) is 17.0 Å². The topological polar surface area (TPSA) is 34.1 Å². The second-order valence-electron chi connectivity index (χ2n) is 4.36. The number of thiazole rings is 1. The first kappa shape index (κ1) is 14.1. The molecule has 3 aromatic rings. The van der Waals surface area contributed by atoms with Crippen LogP contribution in [0.15, 0.2) is 58.4 Å². The van der Waals surface area contributed by atoms with Crippen molar-refractivity contribution >= 4 is 38.1 Å². The van der Waals surface area contributed by atoms with Crippen LogP contribution in [0.4, 0.5) is 10.8 Å². The Kier molecular flexibility index (Phi) is 4.22. The fourth-order valence-corrected chi connectivity index (χ4v) is 3.44. The van der Waals surface area contributed by atoms with E-state index in [0.29, 0.717) is 0 Å². The summed E-state index contributed by atoms with van der Waals surface area (Å²) in [5.74, 6) is 0.839. The van der Waals surface area contributed by atoms with Gasteiger partial charge >= 0.3 is 0 Å². The molecule has 0 aliphatic heterocycles. The number of hydrogen-bond donors (Lipinski definition) is 1. The highest BCUT2D eigenvalue weighted by Crippen LogP contribution is 2.36. The molecule has 0 radical (unpaired) electrons. The van der Waals surface area contributed by atoms with Gasteiger partial charge < -0.3 is 10.1 Å². The van der Waals surface area contributed by atoms with E-state index in [1.165, 1.54) is 0 Å². The van der Waals surface area contributed by atoms with Crippen LogP contribution in [0.3, 0.4) is 0 Å². The maximum absolute atomic E-state index is 5.15. The Labute approximate surface area is 135 Å². The van der Waals surface area contributed by atoms with Crippen LogP contribution >= 0.6 is 27.3 Å². The second-order valence-corrected chi connectivity index (χ2v) is 6.68. The minimum absolute atomic E-state index is 0.839. The van der Waals surface area contributed by atoms with E-state index in [1.54, 1.807) is 18.4 Å². The van der Waals surface area contributed by atoms with Gasteiger partial charge in [0.2, 0.25) is 0 Å². The van der Waals surface area contributed by atoms with Gasteiger partial charge in [0.1, 0.15) is 5.75 Å². The lowest BCUT2D eigenvalue weighted by molar-refractivity contribution is 0.415. The first-order chi connectivity index (χ1) is 10.3. The highest BCUT2D eigenvalue weighted by Gasteiger charge is 2.10. The van der Waals surface area contributed by atoms with Gasteiger partial charge in [-0.25, -0.2) is 4.98 Å². The van der Waals surface area contributed by atoms with Gasteiger partial charge in [-0.1, -0.05) is 41.7 Å². The lowest BCUT2D eigenvalue weighted by atomic mass is 10.2. The van der Waals surface area contributed by atoms with E-state index in [4.69, 9.17) is 4.74 Å². The third-order valence-corrected chi connectivity index (χ3v) is 4.59. The fourth-order valence-electron chi connectivity index (χ4n) is 1.93. The van der Waals surface area contributed by atoms with Gasteiger partial charge in [0.05, 0.1) is 16.6 Å². The maximum atomic E-state index is 5.15. The van der Waals surface area contributed by atoms with E-state index >= 15 is 0 Å². The molecule has 0 spiro atoms. The average Bonchev–Trinajstić information content (AvgIpc) is 2.89. The van der Waals surface area contributed by atoms with Crippen molar-refractivity contribution in [3.05, 3.63) is 58.4 Å². The minimum Gasteiger partial charge on any atom is -0.497 e. The van der Waals surface area contributed by atoms with Gasteiger partial charge in [0, 0.05) is 11.3 Å². The number of aromatic nitrogens is 1. The highest BCUT2D eigenvalue weighted by molar-refractivity contribution is 9.11. The molecule has 0 saturated heterocycles. The van der Waals surface area contributed by atoms with E-state index in [1.807, 2.05) is 42.5 Å². The third-order valence-electron chi connectivity index (χ3n) is 2.97. The Balaban J connectivity index is 1.83. The molecule has 0 saturated carbocycles. The Morgan fingerprint density at radius 1 is 1.05 bits per heavy atom. The van der Waals surface area contributed by atoms with Gasteiger partial charge in [-0.05, 0) is 40.2 Å². The zero-order valence-electron chi connectivity index (χ0n) is 11.3. The van der Waals surface area contributed by atoms with Crippen LogP contribution in [0.5, 0.6) is 5.75 Å². The SMILES string of the molecule is COc1ccc(Nc2nc(-c3ccccc3)c(Br)s2)cc1. The van der Waals surface area contributed by atoms with Gasteiger partial charge in [0.25, 0.3) is 0 Å². The van der Waals surface area contributed by atoms with E-state index < -0.39 is 0 Å². The minimum atomic E-state index is 0.839. The highest BCUT2D eigenvalue weighted by atomic mass is 79.9. The number of ether oxygens (including phenoxy) is 1. The van der Waals surface area contributed by atoms with Crippen LogP contribution < -0.4 is 10.1 Å². The number of rotatable bonds is 4. The van der Waals surface area contributed by atoms with Crippen molar-refractivity contribution in [2.45, 2.75) is 0 Å². The number of nitrogens with zero attached hydrogens (tertiary/aromatic N) is 1. The van der Waals surface area contributed by atoms with Crippen LogP contribution in [0, 0.1) is 0 Å². The predicted molar refractivity (Wildman–Crippen MR) is 91.5 cm³/mol. The molecule has 1 N–H and O–H groups in total. The van der Waals surface area contributed by atoms with E-state index in [2.05, 4.69) is 38.4 Å². The molecule has 0 aliphatic carbocycles. The van der Waals surface area contributed by atoms with Crippen molar-refractivity contribution < 1.29 is 4.74 Å². The van der Waals surface area contributed by atoms with Gasteiger partial charge in [-0.15, -0.1) is 0 Å². The van der Waals surface area contributed by atoms with Crippen LogP contribution in [-0.2, 0) is 0 Å². The molecule has 0 unspecified atom stereocenters. The van der Waals surface area contributed by atoms with Crippen LogP contribution in [0.2, 0.25) is 0 Å². The Morgan fingerprint density at radius 3 is 2.43 bits per heavy atom. The summed E-state index contributed by atoms with van der Waals surface area (Å²) in [6.45, 7) is 0. The standard InChI is InChI=1S/C16H13BrN2OS/c1-20-13-9-7-12(8-10-13)18-16-19-14(15(17)21-16)11-5-3-2-4-6-11/h2-10H,1H3,(H,18,19). The first-order valence-electron chi connectivity index (χ1n) is 6.39. The molecular weight excluding hydrogens is 348 g/mol. The molecule has 5 heteroatoms. The normalized spacial score (nSPS) is 10.4. The summed E-state index contributed by atoms with van der Waals surface area (Å²) < 4.78 is 6.17. The zero-order valence-corrected chi connectivity index (χ0v) is 13.7. The predicted octanol–water partition coefficient (Wildman–Crippen LogP) is 5.32. The van der Waals surface area contributed by atoms with Gasteiger partial charge in [-0.2, -0.15) is 0 Å². The molecule has 0 bridgehead atoms. The lowest BCUT2D eigenvalue weighted by Gasteiger charge is -2.03. The third kappa shape index (κ3) is 3.25. The summed E-state index contributed by atoms with van der Waals surface area (Å²) >= 11 is 5.16. The molecule has 3 rings (SSSR count). The Bertz CT molecular complexity index is 726. The van der Waals surface area contributed by atoms with Crippen molar-refractivity contribution in [2.24, 2.45) is 0 Å². The lowest BCUT2D eigenvalue weighted by Crippen LogP contribution is -1.90. The monoisotopic (exact) mass is 360 g/mol. The largest absolute Gasteiger partial charge is 0.497 e. The summed E-state index contributed by atoms with van der Waals surface area (Å²) in [6.07, 6.45) is 0. The molecule has 106 valence electrons. The molecule has 3 nitrogen and oxygen atoms in total. The molecular formula is C16H13BrN2OS. The average molecular weight is 361 g/mol. The molecule has 0 aliphatic rings. The summed E-state index contributed by atoms with van der Waals surface area (Å²) in [5, 5.41) is 4.16. The quantitative estimate of drug-likeness (QED) is 0.683. The molecule has 1 heterocycles. The van der Waals surface area contributed by atoms with Crippen molar-refractivity contribution in [3.63, 3.8) is 0 Å². The second kappa shape index (κ2) is 6.28. The summed E-state index contributed by atoms with van der Waals surface area (Å²) in [5.41, 5.74) is 3.04. The van der Waals surface area contributed by atoms with Gasteiger partial charge in [0.15, 0.2) is 5.13 Å². The van der Waals surface area contributed by atoms with Crippen LogP contribution in [0.1, 0.15) is 0 Å². The van der Waals surface area contributed by atoms with E-state index in [-0.39, 0.29) is 0 Å². The molecule has 0 fully saturated rings. The number of halogens is 1. The van der Waals surface area contributed by atoms with Gasteiger partial charge in [-0.3, -0.25) is 0 Å². The Hall–Kier alpha value is -1.85. The number of anilines is 2. The number of benzene rings is 2. The van der Waals surface area contributed by atoms with Crippen molar-refractivity contribution in [2.75, 3.05) is 12.4 Å². The maximum Gasteiger partial charge on any atom is 0.188 e. The van der Waals surface area contributed by atoms with E-state index in [0.717, 1.165) is 31.6 Å². The number of hydrogen-bond acceptors (Lipinski definition) is 4. The Morgan fingerprint density at radius 2 is 1.76 bits per heavy atom.